The minimum atomic E-state index is -0.541. The first-order valence-corrected chi connectivity index (χ1v) is 9.47. The number of thioether (sulfide) groups is 1. The van der Waals surface area contributed by atoms with E-state index in [1.807, 2.05) is 31.2 Å². The highest BCUT2D eigenvalue weighted by Gasteiger charge is 2.29. The van der Waals surface area contributed by atoms with Crippen LogP contribution >= 0.6 is 11.8 Å². The molecule has 1 atom stereocenters. The molecule has 144 valence electrons. The Bertz CT molecular complexity index is 1070. The van der Waals surface area contributed by atoms with Crippen molar-refractivity contribution in [1.82, 2.24) is 5.27 Å². The van der Waals surface area contributed by atoms with E-state index < -0.39 is 10.9 Å². The van der Waals surface area contributed by atoms with Gasteiger partial charge in [-0.15, -0.1) is 0 Å². The number of aromatic nitrogens is 2. The SMILES string of the molecule is Cc1ccc(-[n+]2[nH]oc(=O)c2SC(C)C(=O)Nc2ccc3c(c2)OCO3)cc1. The maximum Gasteiger partial charge on any atom is 0.442 e. The molecule has 0 fully saturated rings. The molecule has 2 heterocycles. The number of aryl methyl sites for hydroxylation is 1. The molecule has 2 aromatic carbocycles. The zero-order chi connectivity index (χ0) is 19.7. The topological polar surface area (TPSA) is 97.4 Å². The molecule has 0 radical (unpaired) electrons. The highest BCUT2D eigenvalue weighted by Crippen LogP contribution is 2.34. The first-order chi connectivity index (χ1) is 13.5. The van der Waals surface area contributed by atoms with Crippen LogP contribution in [0.15, 0.2) is 56.8 Å². The van der Waals surface area contributed by atoms with E-state index in [0.29, 0.717) is 17.2 Å². The molecule has 0 spiro atoms. The van der Waals surface area contributed by atoms with Crippen LogP contribution < -0.4 is 25.1 Å². The molecule has 1 unspecified atom stereocenters. The summed E-state index contributed by atoms with van der Waals surface area (Å²) in [6.45, 7) is 3.87. The lowest BCUT2D eigenvalue weighted by Gasteiger charge is -2.10. The fourth-order valence-corrected chi connectivity index (χ4v) is 3.55. The molecule has 0 aliphatic carbocycles. The van der Waals surface area contributed by atoms with Crippen LogP contribution in [0.1, 0.15) is 12.5 Å². The van der Waals surface area contributed by atoms with Crippen molar-refractivity contribution < 1.29 is 23.5 Å². The summed E-state index contributed by atoms with van der Waals surface area (Å²) in [5.41, 5.74) is 1.89. The summed E-state index contributed by atoms with van der Waals surface area (Å²) in [5, 5.41) is 5.15. The number of benzene rings is 2. The largest absolute Gasteiger partial charge is 0.454 e. The Morgan fingerprint density at radius 1 is 1.18 bits per heavy atom. The van der Waals surface area contributed by atoms with Crippen LogP contribution in [-0.2, 0) is 4.79 Å². The molecule has 28 heavy (non-hydrogen) atoms. The normalized spacial score (nSPS) is 13.4. The lowest BCUT2D eigenvalue weighted by atomic mass is 10.2. The van der Waals surface area contributed by atoms with Gasteiger partial charge in [0.2, 0.25) is 18.4 Å². The Hall–Kier alpha value is -3.20. The number of rotatable bonds is 5. The Morgan fingerprint density at radius 2 is 1.93 bits per heavy atom. The van der Waals surface area contributed by atoms with Crippen LogP contribution in [-0.4, -0.2) is 23.2 Å². The van der Waals surface area contributed by atoms with E-state index in [1.165, 1.54) is 4.68 Å². The average molecular weight is 400 g/mol. The van der Waals surface area contributed by atoms with Crippen molar-refractivity contribution in [2.45, 2.75) is 24.1 Å². The van der Waals surface area contributed by atoms with Gasteiger partial charge < -0.3 is 14.8 Å². The van der Waals surface area contributed by atoms with Crippen molar-refractivity contribution in [3.05, 3.63) is 58.4 Å². The van der Waals surface area contributed by atoms with Gasteiger partial charge in [0.15, 0.2) is 11.5 Å². The van der Waals surface area contributed by atoms with Crippen LogP contribution in [0.25, 0.3) is 5.69 Å². The minimum absolute atomic E-state index is 0.168. The zero-order valence-electron chi connectivity index (χ0n) is 15.2. The number of hydrogen-bond donors (Lipinski definition) is 2. The Morgan fingerprint density at radius 3 is 2.71 bits per heavy atom. The van der Waals surface area contributed by atoms with E-state index in [9.17, 15) is 9.59 Å². The van der Waals surface area contributed by atoms with Gasteiger partial charge in [-0.05, 0) is 47.7 Å². The summed E-state index contributed by atoms with van der Waals surface area (Å²) >= 11 is 1.11. The molecule has 1 amide bonds. The second-order valence-corrected chi connectivity index (χ2v) is 7.60. The zero-order valence-corrected chi connectivity index (χ0v) is 16.0. The van der Waals surface area contributed by atoms with Crippen LogP contribution in [0, 0.1) is 6.92 Å². The van der Waals surface area contributed by atoms with E-state index in [-0.39, 0.29) is 17.7 Å². The molecule has 1 aromatic heterocycles. The summed E-state index contributed by atoms with van der Waals surface area (Å²) in [5.74, 6) is 0.978. The molecule has 2 N–H and O–H groups in total. The van der Waals surface area contributed by atoms with Gasteiger partial charge in [0.25, 0.3) is 0 Å². The number of ether oxygens (including phenoxy) is 2. The van der Waals surface area contributed by atoms with Crippen molar-refractivity contribution >= 4 is 23.4 Å². The van der Waals surface area contributed by atoms with Gasteiger partial charge in [-0.25, -0.2) is 4.79 Å². The maximum atomic E-state index is 12.6. The van der Waals surface area contributed by atoms with Gasteiger partial charge in [0, 0.05) is 23.9 Å². The standard InChI is InChI=1S/C19H17N3O5S/c1-11-3-6-14(7-4-11)22-18(19(24)27-21-22)28-12(2)17(23)20-13-5-8-15-16(9-13)26-10-25-15/h3-9,12H,10H2,1-2H3,(H-,20,21,23,24)/p+1. The third kappa shape index (κ3) is 3.61. The smallest absolute Gasteiger partial charge is 0.442 e. The molecule has 3 aromatic rings. The number of fused-ring (bicyclic) bond motifs is 1. The molecular weight excluding hydrogens is 382 g/mol. The molecule has 4 rings (SSSR count). The third-order valence-corrected chi connectivity index (χ3v) is 5.34. The van der Waals surface area contributed by atoms with Crippen LogP contribution in [0.3, 0.4) is 0 Å². The molecular formula is C19H18N3O5S+. The Balaban J connectivity index is 1.50. The van der Waals surface area contributed by atoms with Gasteiger partial charge >= 0.3 is 10.7 Å². The lowest BCUT2D eigenvalue weighted by Crippen LogP contribution is -2.37. The van der Waals surface area contributed by atoms with Gasteiger partial charge in [0.1, 0.15) is 0 Å². The van der Waals surface area contributed by atoms with Crippen LogP contribution in [0.4, 0.5) is 5.69 Å². The second kappa shape index (κ2) is 7.43. The number of carbonyl (C=O) groups is 1. The van der Waals surface area contributed by atoms with Gasteiger partial charge in [0.05, 0.1) is 5.25 Å². The summed E-state index contributed by atoms with van der Waals surface area (Å²) < 4.78 is 17.0. The molecule has 1 aliphatic heterocycles. The average Bonchev–Trinajstić information content (AvgIpc) is 3.29. The molecule has 8 nitrogen and oxygen atoms in total. The van der Waals surface area contributed by atoms with Crippen LogP contribution in [0.2, 0.25) is 0 Å². The molecule has 9 heteroatoms. The van der Waals surface area contributed by atoms with Crippen molar-refractivity contribution in [1.29, 1.82) is 0 Å². The predicted octanol–water partition coefficient (Wildman–Crippen LogP) is 2.40. The Labute approximate surface area is 164 Å². The quantitative estimate of drug-likeness (QED) is 0.504. The summed E-state index contributed by atoms with van der Waals surface area (Å²) in [6.07, 6.45) is 0. The Kier molecular flexibility index (Phi) is 4.82. The number of amides is 1. The number of hydrogen-bond acceptors (Lipinski definition) is 6. The highest BCUT2D eigenvalue weighted by atomic mass is 32.2. The third-order valence-electron chi connectivity index (χ3n) is 4.20. The molecule has 0 saturated carbocycles. The van der Waals surface area contributed by atoms with E-state index in [1.54, 1.807) is 25.1 Å². The first-order valence-electron chi connectivity index (χ1n) is 8.59. The van der Waals surface area contributed by atoms with Gasteiger partial charge in [-0.3, -0.25) is 9.32 Å². The monoisotopic (exact) mass is 400 g/mol. The summed E-state index contributed by atoms with van der Waals surface area (Å²) in [4.78, 5) is 24.7. The maximum absolute atomic E-state index is 12.6. The van der Waals surface area contributed by atoms with Gasteiger partial charge in [-0.1, -0.05) is 17.7 Å². The molecule has 0 saturated heterocycles. The van der Waals surface area contributed by atoms with E-state index in [2.05, 4.69) is 10.6 Å². The van der Waals surface area contributed by atoms with Gasteiger partial charge in [-0.2, -0.15) is 0 Å². The number of carbonyl (C=O) groups excluding carboxylic acids is 1. The van der Waals surface area contributed by atoms with E-state index >= 15 is 0 Å². The fraction of sp³-hybridized carbons (Fsp3) is 0.211. The second-order valence-electron chi connectivity index (χ2n) is 6.27. The van der Waals surface area contributed by atoms with E-state index in [4.69, 9.17) is 14.0 Å². The summed E-state index contributed by atoms with van der Waals surface area (Å²) in [7, 11) is 0. The molecule has 0 bridgehead atoms. The van der Waals surface area contributed by atoms with Crippen molar-refractivity contribution in [3.8, 4) is 17.2 Å². The number of nitrogens with zero attached hydrogens (tertiary/aromatic N) is 1. The fourth-order valence-electron chi connectivity index (χ4n) is 2.67. The number of aromatic amines is 1. The van der Waals surface area contributed by atoms with Crippen molar-refractivity contribution in [3.63, 3.8) is 0 Å². The summed E-state index contributed by atoms with van der Waals surface area (Å²) in [6, 6.07) is 12.8. The minimum Gasteiger partial charge on any atom is -0.454 e. The number of H-pyrrole nitrogens is 1. The highest BCUT2D eigenvalue weighted by molar-refractivity contribution is 8.00. The van der Waals surface area contributed by atoms with Crippen molar-refractivity contribution in [2.75, 3.05) is 12.1 Å². The number of nitrogens with one attached hydrogen (secondary N) is 2. The van der Waals surface area contributed by atoms with E-state index in [0.717, 1.165) is 23.0 Å². The lowest BCUT2D eigenvalue weighted by molar-refractivity contribution is -0.704. The first kappa shape index (κ1) is 18.2. The molecule has 1 aliphatic rings. The van der Waals surface area contributed by atoms with Crippen molar-refractivity contribution in [2.24, 2.45) is 0 Å². The number of anilines is 1. The predicted molar refractivity (Wildman–Crippen MR) is 102 cm³/mol. The van der Waals surface area contributed by atoms with Crippen LogP contribution in [0.5, 0.6) is 11.5 Å².